The maximum absolute atomic E-state index is 12.2. The summed E-state index contributed by atoms with van der Waals surface area (Å²) in [7, 11) is 0. The van der Waals surface area contributed by atoms with Crippen LogP contribution in [0.15, 0.2) is 47.9 Å². The molecule has 1 amide bonds. The van der Waals surface area contributed by atoms with Gasteiger partial charge in [-0.3, -0.25) is 9.89 Å². The Hall–Kier alpha value is -2.65. The Bertz CT molecular complexity index is 879. The summed E-state index contributed by atoms with van der Waals surface area (Å²) < 4.78 is 5.11. The fourth-order valence-electron chi connectivity index (χ4n) is 2.15. The number of hydrogen-bond donors (Lipinski definition) is 2. The van der Waals surface area contributed by atoms with Gasteiger partial charge in [-0.1, -0.05) is 42.1 Å². The lowest BCUT2D eigenvalue weighted by atomic mass is 10.1. The molecular weight excluding hydrogens is 372 g/mol. The molecule has 1 aromatic carbocycles. The normalized spacial score (nSPS) is 10.5. The number of aromatic nitrogens is 3. The van der Waals surface area contributed by atoms with E-state index in [0.717, 1.165) is 10.4 Å². The Morgan fingerprint density at radius 2 is 2.12 bits per heavy atom. The molecule has 9 heteroatoms. The largest absolute Gasteiger partial charge is 0.462 e. The zero-order valence-corrected chi connectivity index (χ0v) is 15.5. The molecule has 0 aliphatic heterocycles. The summed E-state index contributed by atoms with van der Waals surface area (Å²) in [5.74, 6) is -0.543. The summed E-state index contributed by atoms with van der Waals surface area (Å²) in [6.07, 6.45) is 1.38. The van der Waals surface area contributed by atoms with Crippen LogP contribution in [0.25, 0.3) is 10.4 Å². The Morgan fingerprint density at radius 1 is 1.31 bits per heavy atom. The first-order valence-electron chi connectivity index (χ1n) is 7.81. The van der Waals surface area contributed by atoms with Crippen molar-refractivity contribution in [3.05, 3.63) is 48.3 Å². The summed E-state index contributed by atoms with van der Waals surface area (Å²) in [6.45, 7) is 2.01. The summed E-state index contributed by atoms with van der Waals surface area (Å²) in [4.78, 5) is 29.3. The Kier molecular flexibility index (Phi) is 6.03. The number of rotatable bonds is 7. The quantitative estimate of drug-likeness (QED) is 0.475. The van der Waals surface area contributed by atoms with Gasteiger partial charge in [0, 0.05) is 4.88 Å². The van der Waals surface area contributed by atoms with E-state index in [4.69, 9.17) is 4.74 Å². The molecule has 0 aliphatic rings. The van der Waals surface area contributed by atoms with Crippen molar-refractivity contribution in [3.63, 3.8) is 0 Å². The molecular formula is C17H16N4O3S2. The topological polar surface area (TPSA) is 97.0 Å². The van der Waals surface area contributed by atoms with Gasteiger partial charge in [0.05, 0.1) is 17.9 Å². The third-order valence-corrected chi connectivity index (χ3v) is 5.25. The van der Waals surface area contributed by atoms with E-state index in [1.54, 1.807) is 13.0 Å². The number of aromatic amines is 1. The van der Waals surface area contributed by atoms with Crippen molar-refractivity contribution in [1.82, 2.24) is 15.2 Å². The lowest BCUT2D eigenvalue weighted by Gasteiger charge is -2.05. The summed E-state index contributed by atoms with van der Waals surface area (Å²) in [5, 5.41) is 10.2. The van der Waals surface area contributed by atoms with E-state index in [2.05, 4.69) is 20.5 Å². The molecule has 0 unspecified atom stereocenters. The van der Waals surface area contributed by atoms with Crippen molar-refractivity contribution in [2.45, 2.75) is 12.1 Å². The second-order valence-electron chi connectivity index (χ2n) is 5.07. The highest BCUT2D eigenvalue weighted by Gasteiger charge is 2.20. The molecule has 7 nitrogen and oxygen atoms in total. The van der Waals surface area contributed by atoms with Gasteiger partial charge in [0.15, 0.2) is 5.16 Å². The lowest BCUT2D eigenvalue weighted by molar-refractivity contribution is -0.113. The molecule has 2 aromatic heterocycles. The molecule has 0 atom stereocenters. The van der Waals surface area contributed by atoms with E-state index >= 15 is 0 Å². The Balaban J connectivity index is 1.78. The zero-order chi connectivity index (χ0) is 18.4. The predicted molar refractivity (Wildman–Crippen MR) is 101 cm³/mol. The SMILES string of the molecule is CCOC(=O)c1cc(-c2ccccc2)sc1NC(=O)CSc1ncn[nH]1. The molecule has 0 bridgehead atoms. The molecule has 134 valence electrons. The molecule has 0 spiro atoms. The fraction of sp³-hybridized carbons (Fsp3) is 0.176. The molecule has 3 rings (SSSR count). The minimum Gasteiger partial charge on any atom is -0.462 e. The van der Waals surface area contributed by atoms with E-state index in [1.165, 1.54) is 29.4 Å². The number of carbonyl (C=O) groups excluding carboxylic acids is 2. The number of H-pyrrole nitrogens is 1. The van der Waals surface area contributed by atoms with Crippen LogP contribution in [-0.2, 0) is 9.53 Å². The average Bonchev–Trinajstić information content (AvgIpc) is 3.31. The van der Waals surface area contributed by atoms with Crippen molar-refractivity contribution < 1.29 is 14.3 Å². The molecule has 2 N–H and O–H groups in total. The number of anilines is 1. The zero-order valence-electron chi connectivity index (χ0n) is 13.9. The van der Waals surface area contributed by atoms with Gasteiger partial charge in [0.2, 0.25) is 5.91 Å². The van der Waals surface area contributed by atoms with Gasteiger partial charge in [-0.25, -0.2) is 9.78 Å². The fourth-order valence-corrected chi connectivity index (χ4v) is 3.80. The highest BCUT2D eigenvalue weighted by molar-refractivity contribution is 7.99. The molecule has 26 heavy (non-hydrogen) atoms. The molecule has 0 aliphatic carbocycles. The van der Waals surface area contributed by atoms with Crippen LogP contribution in [0.1, 0.15) is 17.3 Å². The number of nitrogens with one attached hydrogen (secondary N) is 2. The van der Waals surface area contributed by atoms with E-state index in [1.807, 2.05) is 30.3 Å². The molecule has 0 saturated carbocycles. The van der Waals surface area contributed by atoms with Gasteiger partial charge in [0.1, 0.15) is 11.3 Å². The number of benzene rings is 1. The second-order valence-corrected chi connectivity index (χ2v) is 7.08. The van der Waals surface area contributed by atoms with Gasteiger partial charge in [-0.15, -0.1) is 11.3 Å². The van der Waals surface area contributed by atoms with Gasteiger partial charge < -0.3 is 10.1 Å². The van der Waals surface area contributed by atoms with Crippen LogP contribution in [0.4, 0.5) is 5.00 Å². The summed E-state index contributed by atoms with van der Waals surface area (Å²) >= 11 is 2.57. The van der Waals surface area contributed by atoms with E-state index < -0.39 is 5.97 Å². The van der Waals surface area contributed by atoms with Crippen molar-refractivity contribution in [2.24, 2.45) is 0 Å². The van der Waals surface area contributed by atoms with Crippen LogP contribution in [0.2, 0.25) is 0 Å². The van der Waals surface area contributed by atoms with E-state index in [0.29, 0.717) is 15.7 Å². The van der Waals surface area contributed by atoms with Crippen molar-refractivity contribution >= 4 is 40.0 Å². The third kappa shape index (κ3) is 4.50. The minimum absolute atomic E-state index is 0.149. The number of amides is 1. The number of thiophene rings is 1. The number of thioether (sulfide) groups is 1. The van der Waals surface area contributed by atoms with Gasteiger partial charge >= 0.3 is 5.97 Å². The first kappa shape index (κ1) is 18.2. The van der Waals surface area contributed by atoms with Crippen molar-refractivity contribution in [1.29, 1.82) is 0 Å². The Morgan fingerprint density at radius 3 is 2.81 bits per heavy atom. The maximum Gasteiger partial charge on any atom is 0.341 e. The number of ether oxygens (including phenoxy) is 1. The van der Waals surface area contributed by atoms with Crippen LogP contribution in [0.3, 0.4) is 0 Å². The van der Waals surface area contributed by atoms with Crippen LogP contribution < -0.4 is 5.32 Å². The molecule has 2 heterocycles. The van der Waals surface area contributed by atoms with Crippen LogP contribution in [0, 0.1) is 0 Å². The van der Waals surface area contributed by atoms with Gasteiger partial charge in [0.25, 0.3) is 0 Å². The molecule has 0 fully saturated rings. The van der Waals surface area contributed by atoms with E-state index in [9.17, 15) is 9.59 Å². The third-order valence-electron chi connectivity index (χ3n) is 3.27. The monoisotopic (exact) mass is 388 g/mol. The van der Waals surface area contributed by atoms with Crippen LogP contribution in [0.5, 0.6) is 0 Å². The smallest absolute Gasteiger partial charge is 0.341 e. The van der Waals surface area contributed by atoms with Crippen molar-refractivity contribution in [2.75, 3.05) is 17.7 Å². The molecule has 3 aromatic rings. The van der Waals surface area contributed by atoms with Crippen LogP contribution in [-0.4, -0.2) is 39.4 Å². The number of nitrogens with zero attached hydrogens (tertiary/aromatic N) is 2. The first-order valence-corrected chi connectivity index (χ1v) is 9.62. The average molecular weight is 388 g/mol. The maximum atomic E-state index is 12.2. The Labute approximate surface area is 158 Å². The second kappa shape index (κ2) is 8.63. The number of esters is 1. The highest BCUT2D eigenvalue weighted by Crippen LogP contribution is 2.36. The first-order chi connectivity index (χ1) is 12.7. The number of hydrogen-bond acceptors (Lipinski definition) is 7. The van der Waals surface area contributed by atoms with Gasteiger partial charge in [-0.2, -0.15) is 5.10 Å². The van der Waals surface area contributed by atoms with Crippen LogP contribution >= 0.6 is 23.1 Å². The summed E-state index contributed by atoms with van der Waals surface area (Å²) in [6, 6.07) is 11.4. The highest BCUT2D eigenvalue weighted by atomic mass is 32.2. The minimum atomic E-state index is -0.455. The summed E-state index contributed by atoms with van der Waals surface area (Å²) in [5.41, 5.74) is 1.33. The molecule has 0 radical (unpaired) electrons. The molecule has 0 saturated heterocycles. The van der Waals surface area contributed by atoms with Crippen molar-refractivity contribution in [3.8, 4) is 10.4 Å². The van der Waals surface area contributed by atoms with Gasteiger partial charge in [-0.05, 0) is 18.6 Å². The van der Waals surface area contributed by atoms with E-state index in [-0.39, 0.29) is 18.3 Å². The lowest BCUT2D eigenvalue weighted by Crippen LogP contribution is -2.16. The standard InChI is InChI=1S/C17H16N4O3S2/c1-2-24-16(23)12-8-13(11-6-4-3-5-7-11)26-15(12)20-14(22)9-25-17-18-10-19-21-17/h3-8,10H,2,9H2,1H3,(H,20,22)(H,18,19,21). The predicted octanol–water partition coefficient (Wildman–Crippen LogP) is 3.44. The number of carbonyl (C=O) groups is 2.